The number of unbranched alkanes of at least 4 members (excludes halogenated alkanes) is 1. The third kappa shape index (κ3) is 3.62. The minimum absolute atomic E-state index is 0.940. The molecule has 0 unspecified atom stereocenters. The first-order chi connectivity index (χ1) is 13.8. The molecule has 1 nitrogen and oxygen atoms in total. The van der Waals surface area contributed by atoms with E-state index >= 15 is 0 Å². The van der Waals surface area contributed by atoms with Crippen LogP contribution in [0.15, 0.2) is 72.8 Å². The van der Waals surface area contributed by atoms with Crippen molar-refractivity contribution < 1.29 is 4.74 Å². The first kappa shape index (κ1) is 18.9. The van der Waals surface area contributed by atoms with Crippen LogP contribution in [0.4, 0.5) is 0 Å². The SMILES string of the molecule is CCCCSCc1ccc2ccccc2c1-c1c(OC)ccc2ccccc12. The summed E-state index contributed by atoms with van der Waals surface area (Å²) in [7, 11) is 1.77. The number of benzene rings is 4. The van der Waals surface area contributed by atoms with Gasteiger partial charge < -0.3 is 4.74 Å². The molecule has 0 radical (unpaired) electrons. The Balaban J connectivity index is 1.98. The summed E-state index contributed by atoms with van der Waals surface area (Å²) in [5.74, 6) is 3.16. The second-order valence-corrected chi connectivity index (χ2v) is 8.20. The molecular weight excluding hydrogens is 360 g/mol. The van der Waals surface area contributed by atoms with Crippen LogP contribution in [-0.2, 0) is 5.75 Å². The molecule has 0 bridgehead atoms. The first-order valence-corrected chi connectivity index (χ1v) is 11.1. The summed E-state index contributed by atoms with van der Waals surface area (Å²) < 4.78 is 5.85. The van der Waals surface area contributed by atoms with E-state index in [4.69, 9.17) is 4.74 Å². The standard InChI is InChI=1S/C26H26OS/c1-3-4-17-28-18-21-14-13-19-9-5-7-11-22(19)25(21)26-23-12-8-6-10-20(23)15-16-24(26)27-2/h5-16H,3-4,17-18H2,1-2H3. The molecule has 0 fully saturated rings. The molecule has 4 rings (SSSR count). The van der Waals surface area contributed by atoms with Gasteiger partial charge in [-0.3, -0.25) is 0 Å². The van der Waals surface area contributed by atoms with Gasteiger partial charge in [-0.05, 0) is 50.9 Å². The van der Waals surface area contributed by atoms with Gasteiger partial charge in [-0.2, -0.15) is 11.8 Å². The average molecular weight is 387 g/mol. The number of rotatable bonds is 7. The van der Waals surface area contributed by atoms with E-state index in [9.17, 15) is 0 Å². The van der Waals surface area contributed by atoms with E-state index in [1.165, 1.54) is 56.8 Å². The third-order valence-corrected chi connectivity index (χ3v) is 6.37. The predicted octanol–water partition coefficient (Wildman–Crippen LogP) is 7.70. The highest BCUT2D eigenvalue weighted by Gasteiger charge is 2.17. The van der Waals surface area contributed by atoms with Crippen molar-refractivity contribution in [3.05, 3.63) is 78.4 Å². The summed E-state index contributed by atoms with van der Waals surface area (Å²) in [6.07, 6.45) is 2.51. The van der Waals surface area contributed by atoms with Crippen molar-refractivity contribution >= 4 is 33.3 Å². The Morgan fingerprint density at radius 1 is 0.750 bits per heavy atom. The van der Waals surface area contributed by atoms with Crippen LogP contribution in [0, 0.1) is 0 Å². The Labute approximate surface area is 171 Å². The van der Waals surface area contributed by atoms with Gasteiger partial charge in [0.05, 0.1) is 7.11 Å². The highest BCUT2D eigenvalue weighted by Crippen LogP contribution is 2.43. The van der Waals surface area contributed by atoms with Crippen LogP contribution in [0.2, 0.25) is 0 Å². The van der Waals surface area contributed by atoms with E-state index < -0.39 is 0 Å². The van der Waals surface area contributed by atoms with E-state index in [1.807, 2.05) is 11.8 Å². The van der Waals surface area contributed by atoms with E-state index in [-0.39, 0.29) is 0 Å². The highest BCUT2D eigenvalue weighted by atomic mass is 32.2. The molecule has 4 aromatic carbocycles. The maximum absolute atomic E-state index is 5.85. The molecule has 2 heteroatoms. The van der Waals surface area contributed by atoms with Crippen LogP contribution in [0.25, 0.3) is 32.7 Å². The molecule has 28 heavy (non-hydrogen) atoms. The fraction of sp³-hybridized carbons (Fsp3) is 0.231. The number of hydrogen-bond donors (Lipinski definition) is 0. The van der Waals surface area contributed by atoms with Crippen LogP contribution < -0.4 is 4.74 Å². The molecule has 0 aliphatic rings. The fourth-order valence-electron chi connectivity index (χ4n) is 3.84. The number of thioether (sulfide) groups is 1. The van der Waals surface area contributed by atoms with Crippen molar-refractivity contribution in [2.45, 2.75) is 25.5 Å². The van der Waals surface area contributed by atoms with Crippen molar-refractivity contribution in [2.24, 2.45) is 0 Å². The van der Waals surface area contributed by atoms with E-state index in [0.29, 0.717) is 0 Å². The summed E-state index contributed by atoms with van der Waals surface area (Å²) in [6, 6.07) is 26.1. The molecule has 142 valence electrons. The van der Waals surface area contributed by atoms with Crippen LogP contribution >= 0.6 is 11.8 Å². The molecule has 0 amide bonds. The van der Waals surface area contributed by atoms with Crippen LogP contribution in [0.1, 0.15) is 25.3 Å². The van der Waals surface area contributed by atoms with Crippen molar-refractivity contribution in [3.63, 3.8) is 0 Å². The van der Waals surface area contributed by atoms with E-state index in [1.54, 1.807) is 7.11 Å². The average Bonchev–Trinajstić information content (AvgIpc) is 2.76. The lowest BCUT2D eigenvalue weighted by Gasteiger charge is -2.18. The number of methoxy groups -OCH3 is 1. The van der Waals surface area contributed by atoms with Gasteiger partial charge in [-0.1, -0.05) is 80.1 Å². The molecule has 0 N–H and O–H groups in total. The normalized spacial score (nSPS) is 11.2. The molecule has 0 saturated carbocycles. The van der Waals surface area contributed by atoms with Gasteiger partial charge in [0.25, 0.3) is 0 Å². The third-order valence-electron chi connectivity index (χ3n) is 5.28. The van der Waals surface area contributed by atoms with Crippen LogP contribution in [-0.4, -0.2) is 12.9 Å². The largest absolute Gasteiger partial charge is 0.496 e. The van der Waals surface area contributed by atoms with Crippen molar-refractivity contribution in [1.29, 1.82) is 0 Å². The first-order valence-electron chi connectivity index (χ1n) is 9.98. The lowest BCUT2D eigenvalue weighted by molar-refractivity contribution is 0.417. The summed E-state index contributed by atoms with van der Waals surface area (Å²) in [4.78, 5) is 0. The Bertz CT molecular complexity index is 1100. The van der Waals surface area contributed by atoms with Gasteiger partial charge in [0, 0.05) is 11.3 Å². The minimum Gasteiger partial charge on any atom is -0.496 e. The zero-order valence-corrected chi connectivity index (χ0v) is 17.4. The molecule has 0 saturated heterocycles. The summed E-state index contributed by atoms with van der Waals surface area (Å²) in [5.41, 5.74) is 3.91. The monoisotopic (exact) mass is 386 g/mol. The van der Waals surface area contributed by atoms with Gasteiger partial charge >= 0.3 is 0 Å². The second kappa shape index (κ2) is 8.70. The van der Waals surface area contributed by atoms with Crippen LogP contribution in [0.3, 0.4) is 0 Å². The quantitative estimate of drug-likeness (QED) is 0.301. The molecule has 0 heterocycles. The maximum Gasteiger partial charge on any atom is 0.127 e. The fourth-order valence-corrected chi connectivity index (χ4v) is 4.94. The molecule has 0 atom stereocenters. The highest BCUT2D eigenvalue weighted by molar-refractivity contribution is 7.98. The van der Waals surface area contributed by atoms with Crippen molar-refractivity contribution in [1.82, 2.24) is 0 Å². The summed E-state index contributed by atoms with van der Waals surface area (Å²) >= 11 is 2.03. The molecule has 0 spiro atoms. The van der Waals surface area contributed by atoms with Gasteiger partial charge in [-0.15, -0.1) is 0 Å². The van der Waals surface area contributed by atoms with Crippen LogP contribution in [0.5, 0.6) is 5.75 Å². The summed E-state index contributed by atoms with van der Waals surface area (Å²) in [6.45, 7) is 2.25. The number of hydrogen-bond acceptors (Lipinski definition) is 2. The maximum atomic E-state index is 5.85. The summed E-state index contributed by atoms with van der Waals surface area (Å²) in [5, 5.41) is 5.06. The number of ether oxygens (including phenoxy) is 1. The molecule has 4 aromatic rings. The lowest BCUT2D eigenvalue weighted by Crippen LogP contribution is -1.95. The topological polar surface area (TPSA) is 9.23 Å². The molecule has 0 aromatic heterocycles. The van der Waals surface area contributed by atoms with E-state index in [0.717, 1.165) is 11.5 Å². The molecule has 0 aliphatic carbocycles. The van der Waals surface area contributed by atoms with Gasteiger partial charge in [0.2, 0.25) is 0 Å². The molecular formula is C26H26OS. The Kier molecular flexibility index (Phi) is 5.87. The van der Waals surface area contributed by atoms with E-state index in [2.05, 4.69) is 79.7 Å². The Hall–Kier alpha value is -2.45. The van der Waals surface area contributed by atoms with Gasteiger partial charge in [0.15, 0.2) is 0 Å². The van der Waals surface area contributed by atoms with Gasteiger partial charge in [0.1, 0.15) is 5.75 Å². The Morgan fingerprint density at radius 3 is 2.07 bits per heavy atom. The molecule has 0 aliphatic heterocycles. The van der Waals surface area contributed by atoms with Gasteiger partial charge in [-0.25, -0.2) is 0 Å². The second-order valence-electron chi connectivity index (χ2n) is 7.09. The predicted molar refractivity (Wildman–Crippen MR) is 125 cm³/mol. The zero-order chi connectivity index (χ0) is 19.3. The lowest BCUT2D eigenvalue weighted by atomic mass is 9.90. The number of fused-ring (bicyclic) bond motifs is 2. The smallest absolute Gasteiger partial charge is 0.127 e. The zero-order valence-electron chi connectivity index (χ0n) is 16.6. The van der Waals surface area contributed by atoms with Crippen molar-refractivity contribution in [2.75, 3.05) is 12.9 Å². The minimum atomic E-state index is 0.940. The van der Waals surface area contributed by atoms with Crippen molar-refractivity contribution in [3.8, 4) is 16.9 Å². The Morgan fingerprint density at radius 2 is 1.39 bits per heavy atom.